The molecule has 0 atom stereocenters. The largest absolute Gasteiger partial charge is 0.462 e. The molecule has 0 radical (unpaired) electrons. The first kappa shape index (κ1) is 29.3. The Labute approximate surface area is 191 Å². The fourth-order valence-electron chi connectivity index (χ4n) is 2.05. The Morgan fingerprint density at radius 2 is 0.900 bits per heavy atom. The van der Waals surface area contributed by atoms with E-state index in [0.717, 1.165) is 0 Å². The molecule has 0 amide bonds. The van der Waals surface area contributed by atoms with E-state index in [4.69, 9.17) is 18.9 Å². The van der Waals surface area contributed by atoms with Gasteiger partial charge in [-0.1, -0.05) is 0 Å². The summed E-state index contributed by atoms with van der Waals surface area (Å²) in [4.78, 5) is 35.1. The zero-order chi connectivity index (χ0) is 23.0. The molecule has 0 bridgehead atoms. The highest BCUT2D eigenvalue weighted by atomic mass is 32.1. The second-order valence-corrected chi connectivity index (χ2v) is 7.69. The molecule has 0 aromatic heterocycles. The molecule has 176 valence electrons. The third-order valence-electron chi connectivity index (χ3n) is 3.73. The number of aliphatic hydroxyl groups excluding tert-OH is 3. The maximum absolute atomic E-state index is 11.7. The average Bonchev–Trinajstić information content (AvgIpc) is 2.74. The number of thiol groups is 3. The molecule has 0 aliphatic carbocycles. The molecule has 30 heavy (non-hydrogen) atoms. The zero-order valence-corrected chi connectivity index (χ0v) is 19.2. The van der Waals surface area contributed by atoms with E-state index in [1.807, 2.05) is 0 Å². The monoisotopic (exact) mass is 490 g/mol. The van der Waals surface area contributed by atoms with Crippen LogP contribution in [0.4, 0.5) is 0 Å². The van der Waals surface area contributed by atoms with Crippen molar-refractivity contribution < 1.29 is 48.7 Å². The lowest BCUT2D eigenvalue weighted by molar-refractivity contribution is -0.248. The van der Waals surface area contributed by atoms with Gasteiger partial charge in [0.1, 0.15) is 25.4 Å². The number of esters is 3. The number of aliphatic hydroxyl groups is 3. The SMILES string of the molecule is O=C(CCS)OCC(CO)(CO)OC(CO)(COC(=O)CCS)COC(=O)CCS. The Balaban J connectivity index is 5.53. The van der Waals surface area contributed by atoms with Gasteiger partial charge >= 0.3 is 17.9 Å². The molecule has 0 fully saturated rings. The molecular weight excluding hydrogens is 460 g/mol. The van der Waals surface area contributed by atoms with Crippen molar-refractivity contribution in [3.63, 3.8) is 0 Å². The summed E-state index contributed by atoms with van der Waals surface area (Å²) in [6.07, 6.45) is -0.0447. The summed E-state index contributed by atoms with van der Waals surface area (Å²) in [6, 6.07) is 0. The highest BCUT2D eigenvalue weighted by Gasteiger charge is 2.45. The maximum atomic E-state index is 11.7. The van der Waals surface area contributed by atoms with Crippen LogP contribution < -0.4 is 0 Å². The molecule has 0 rings (SSSR count). The molecule has 0 spiro atoms. The van der Waals surface area contributed by atoms with Crippen LogP contribution in [0.2, 0.25) is 0 Å². The molecule has 0 saturated heterocycles. The number of hydrogen-bond acceptors (Lipinski definition) is 13. The Hall–Kier alpha value is -0.700. The second-order valence-electron chi connectivity index (χ2n) is 6.35. The second kappa shape index (κ2) is 16.0. The number of rotatable bonds is 17. The summed E-state index contributed by atoms with van der Waals surface area (Å²) >= 11 is 11.8. The molecule has 3 N–H and O–H groups in total. The zero-order valence-electron chi connectivity index (χ0n) is 16.5. The van der Waals surface area contributed by atoms with E-state index in [1.54, 1.807) is 0 Å². The summed E-state index contributed by atoms with van der Waals surface area (Å²) in [5.74, 6) is -1.26. The number of carbonyl (C=O) groups excluding carboxylic acids is 3. The van der Waals surface area contributed by atoms with E-state index in [2.05, 4.69) is 37.9 Å². The van der Waals surface area contributed by atoms with Crippen molar-refractivity contribution in [1.29, 1.82) is 0 Å². The van der Waals surface area contributed by atoms with Crippen molar-refractivity contribution in [3.05, 3.63) is 0 Å². The van der Waals surface area contributed by atoms with Crippen LogP contribution in [0.3, 0.4) is 0 Å². The predicted octanol–water partition coefficient (Wildman–Crippen LogP) is -0.953. The van der Waals surface area contributed by atoms with Crippen molar-refractivity contribution in [2.24, 2.45) is 0 Å². The lowest BCUT2D eigenvalue weighted by atomic mass is 10.0. The lowest BCUT2D eigenvalue weighted by Gasteiger charge is -2.40. The van der Waals surface area contributed by atoms with Gasteiger partial charge in [-0.25, -0.2) is 0 Å². The van der Waals surface area contributed by atoms with Crippen molar-refractivity contribution in [2.75, 3.05) is 56.9 Å². The number of ether oxygens (including phenoxy) is 4. The number of hydrogen-bond donors (Lipinski definition) is 6. The van der Waals surface area contributed by atoms with Gasteiger partial charge in [0.2, 0.25) is 0 Å². The topological polar surface area (TPSA) is 149 Å². The molecule has 10 nitrogen and oxygen atoms in total. The van der Waals surface area contributed by atoms with Gasteiger partial charge in [0.25, 0.3) is 0 Å². The maximum Gasteiger partial charge on any atom is 0.306 e. The van der Waals surface area contributed by atoms with E-state index in [1.165, 1.54) is 0 Å². The summed E-state index contributed by atoms with van der Waals surface area (Å²) in [6.45, 7) is -4.11. The smallest absolute Gasteiger partial charge is 0.306 e. The van der Waals surface area contributed by atoms with Crippen LogP contribution in [0.15, 0.2) is 0 Å². The van der Waals surface area contributed by atoms with Gasteiger partial charge in [0, 0.05) is 17.3 Å². The first-order valence-corrected chi connectivity index (χ1v) is 11.0. The van der Waals surface area contributed by atoms with E-state index in [9.17, 15) is 29.7 Å². The van der Waals surface area contributed by atoms with Crippen LogP contribution in [-0.4, -0.2) is 101 Å². The Morgan fingerprint density at radius 3 is 1.17 bits per heavy atom. The summed E-state index contributed by atoms with van der Waals surface area (Å²) in [5, 5.41) is 29.5. The van der Waals surface area contributed by atoms with Crippen LogP contribution >= 0.6 is 37.9 Å². The quantitative estimate of drug-likeness (QED) is 0.0856. The molecule has 0 unspecified atom stereocenters. The minimum absolute atomic E-state index is 0.0100. The van der Waals surface area contributed by atoms with Gasteiger partial charge in [-0.15, -0.1) is 0 Å². The summed E-state index contributed by atoms with van der Waals surface area (Å²) in [5.41, 5.74) is -3.69. The predicted molar refractivity (Wildman–Crippen MR) is 116 cm³/mol. The minimum atomic E-state index is -1.86. The Bertz CT molecular complexity index is 506. The summed E-state index contributed by atoms with van der Waals surface area (Å²) in [7, 11) is 0. The highest BCUT2D eigenvalue weighted by Crippen LogP contribution is 2.24. The van der Waals surface area contributed by atoms with E-state index >= 15 is 0 Å². The van der Waals surface area contributed by atoms with E-state index < -0.39 is 68.8 Å². The van der Waals surface area contributed by atoms with Crippen LogP contribution in [0, 0.1) is 0 Å². The Morgan fingerprint density at radius 1 is 0.600 bits per heavy atom. The van der Waals surface area contributed by atoms with E-state index in [0.29, 0.717) is 0 Å². The van der Waals surface area contributed by atoms with Crippen LogP contribution in [0.5, 0.6) is 0 Å². The third-order valence-corrected chi connectivity index (χ3v) is 4.40. The fraction of sp³-hybridized carbons (Fsp3) is 0.824. The van der Waals surface area contributed by atoms with Crippen molar-refractivity contribution in [1.82, 2.24) is 0 Å². The minimum Gasteiger partial charge on any atom is -0.462 e. The van der Waals surface area contributed by atoms with Gasteiger partial charge in [-0.3, -0.25) is 14.4 Å². The molecule has 0 aromatic carbocycles. The molecule has 0 aliphatic heterocycles. The number of carbonyl (C=O) groups is 3. The molecule has 0 heterocycles. The molecular formula is C17H30O10S3. The standard InChI is InChI=1S/C17H30O10S3/c18-7-16(8-19,10-24-13(21)1-4-28)27-17(9-20,11-25-14(22)2-5-29)12-26-15(23)3-6-30/h18-20,28-30H,1-12H2. The van der Waals surface area contributed by atoms with Gasteiger partial charge in [0.15, 0.2) is 5.60 Å². The first-order valence-electron chi connectivity index (χ1n) is 9.08. The van der Waals surface area contributed by atoms with Crippen molar-refractivity contribution in [2.45, 2.75) is 30.5 Å². The third kappa shape index (κ3) is 11.1. The normalized spacial score (nSPS) is 11.8. The molecule has 0 saturated carbocycles. The Kier molecular flexibility index (Phi) is 15.6. The van der Waals surface area contributed by atoms with Crippen LogP contribution in [-0.2, 0) is 33.3 Å². The highest BCUT2D eigenvalue weighted by molar-refractivity contribution is 7.80. The summed E-state index contributed by atoms with van der Waals surface area (Å²) < 4.78 is 20.9. The van der Waals surface area contributed by atoms with E-state index in [-0.39, 0.29) is 36.5 Å². The molecule has 0 aliphatic rings. The molecule has 13 heteroatoms. The van der Waals surface area contributed by atoms with Crippen molar-refractivity contribution >= 4 is 55.8 Å². The van der Waals surface area contributed by atoms with Gasteiger partial charge in [0.05, 0.1) is 39.1 Å². The molecule has 0 aromatic rings. The van der Waals surface area contributed by atoms with Gasteiger partial charge in [-0.2, -0.15) is 37.9 Å². The lowest BCUT2D eigenvalue weighted by Crippen LogP contribution is -2.58. The first-order chi connectivity index (χ1) is 14.3. The average molecular weight is 491 g/mol. The van der Waals surface area contributed by atoms with Crippen LogP contribution in [0.25, 0.3) is 0 Å². The van der Waals surface area contributed by atoms with Gasteiger partial charge in [-0.05, 0) is 0 Å². The van der Waals surface area contributed by atoms with Crippen LogP contribution in [0.1, 0.15) is 19.3 Å². The fourth-order valence-corrected chi connectivity index (χ4v) is 2.59. The van der Waals surface area contributed by atoms with Gasteiger partial charge < -0.3 is 34.3 Å². The van der Waals surface area contributed by atoms with Crippen molar-refractivity contribution in [3.8, 4) is 0 Å².